The minimum atomic E-state index is -5.34. The van der Waals surface area contributed by atoms with Gasteiger partial charge < -0.3 is 25.4 Å². The van der Waals surface area contributed by atoms with Crippen LogP contribution in [-0.4, -0.2) is 72.2 Å². The lowest BCUT2D eigenvalue weighted by molar-refractivity contribution is -0.266. The summed E-state index contributed by atoms with van der Waals surface area (Å²) in [6.45, 7) is 0.814. The third-order valence-electron chi connectivity index (χ3n) is 10.3. The lowest BCUT2D eigenvalue weighted by atomic mass is 9.91. The topological polar surface area (TPSA) is 141 Å². The maximum Gasteiger partial charge on any atom is 0.430 e. The number of amides is 3. The number of hydrogen-bond acceptors (Lipinski definition) is 7. The summed E-state index contributed by atoms with van der Waals surface area (Å²) in [4.78, 5) is 58.8. The van der Waals surface area contributed by atoms with Gasteiger partial charge in [-0.15, -0.1) is 0 Å². The highest BCUT2D eigenvalue weighted by molar-refractivity contribution is 6.31. The molecule has 3 amide bonds. The number of ether oxygens (including phenoxy) is 2. The Kier molecular flexibility index (Phi) is 15.2. The van der Waals surface area contributed by atoms with Gasteiger partial charge in [-0.25, -0.2) is 9.37 Å². The number of rotatable bonds is 18. The average Bonchev–Trinajstić information content (AvgIpc) is 3.62. The number of ketones is 1. The normalized spacial score (nSPS) is 14.2. The van der Waals surface area contributed by atoms with Gasteiger partial charge in [0, 0.05) is 42.5 Å². The van der Waals surface area contributed by atoms with Gasteiger partial charge in [-0.05, 0) is 56.5 Å². The molecule has 0 aliphatic carbocycles. The van der Waals surface area contributed by atoms with Crippen molar-refractivity contribution in [3.63, 3.8) is 0 Å². The fraction of sp³-hybridized carbons (Fsp3) is 0.295. The number of aromatic nitrogens is 2. The van der Waals surface area contributed by atoms with Crippen LogP contribution in [0.15, 0.2) is 109 Å². The van der Waals surface area contributed by atoms with Crippen molar-refractivity contribution in [2.75, 3.05) is 20.8 Å². The molecular weight excluding hydrogens is 863 g/mol. The third kappa shape index (κ3) is 9.92. The van der Waals surface area contributed by atoms with Crippen molar-refractivity contribution in [3.05, 3.63) is 154 Å². The van der Waals surface area contributed by atoms with Crippen LogP contribution in [0.2, 0.25) is 5.02 Å². The van der Waals surface area contributed by atoms with E-state index in [-0.39, 0.29) is 53.3 Å². The molecule has 0 saturated carbocycles. The van der Waals surface area contributed by atoms with Gasteiger partial charge in [0.25, 0.3) is 23.0 Å². The second-order valence-corrected chi connectivity index (χ2v) is 14.5. The summed E-state index contributed by atoms with van der Waals surface area (Å²) in [7, 11) is 1.41. The fourth-order valence-corrected chi connectivity index (χ4v) is 7.27. The van der Waals surface area contributed by atoms with Gasteiger partial charge in [0.2, 0.25) is 5.91 Å². The number of benzene rings is 4. The van der Waals surface area contributed by atoms with Gasteiger partial charge in [-0.3, -0.25) is 23.7 Å². The molecule has 19 heteroatoms. The molecule has 0 aliphatic rings. The molecule has 5 rings (SSSR count). The minimum absolute atomic E-state index is 0.0239. The van der Waals surface area contributed by atoms with E-state index in [2.05, 4.69) is 20.9 Å². The Hall–Kier alpha value is -6.11. The first kappa shape index (κ1) is 47.9. The van der Waals surface area contributed by atoms with E-state index in [0.29, 0.717) is 12.9 Å². The lowest BCUT2D eigenvalue weighted by Gasteiger charge is -2.34. The molecule has 2 unspecified atom stereocenters. The predicted molar refractivity (Wildman–Crippen MR) is 216 cm³/mol. The van der Waals surface area contributed by atoms with Crippen LogP contribution in [0.1, 0.15) is 57.8 Å². The largest absolute Gasteiger partial charge is 0.430 e. The Balaban J connectivity index is 1.40. The van der Waals surface area contributed by atoms with E-state index in [4.69, 9.17) is 21.1 Å². The molecule has 3 N–H and O–H groups in total. The molecule has 3 atom stereocenters. The van der Waals surface area contributed by atoms with Crippen molar-refractivity contribution in [1.82, 2.24) is 25.5 Å². The molecule has 5 aromatic rings. The zero-order chi connectivity index (χ0) is 46.2. The summed E-state index contributed by atoms with van der Waals surface area (Å²) in [5.41, 5.74) is -7.85. The van der Waals surface area contributed by atoms with Crippen LogP contribution in [0, 0.1) is 12.7 Å². The molecular formula is C44H41ClF7N5O6. The zero-order valence-electron chi connectivity index (χ0n) is 33.9. The van der Waals surface area contributed by atoms with E-state index < -0.39 is 76.6 Å². The molecule has 0 saturated heterocycles. The fourth-order valence-electron chi connectivity index (χ4n) is 7.10. The highest BCUT2D eigenvalue weighted by Gasteiger charge is 2.64. The van der Waals surface area contributed by atoms with Crippen molar-refractivity contribution in [1.29, 1.82) is 0 Å². The number of hydrogen-bond donors (Lipinski definition) is 3. The number of nitrogens with one attached hydrogen (secondary N) is 3. The van der Waals surface area contributed by atoms with E-state index in [1.165, 1.54) is 83.6 Å². The Morgan fingerprint density at radius 2 is 1.29 bits per heavy atom. The first-order chi connectivity index (χ1) is 29.8. The lowest BCUT2D eigenvalue weighted by Crippen LogP contribution is -2.59. The number of nitrogens with zero attached hydrogens (tertiary/aromatic N) is 2. The van der Waals surface area contributed by atoms with E-state index in [9.17, 15) is 49.9 Å². The highest BCUT2D eigenvalue weighted by atomic mass is 35.5. The van der Waals surface area contributed by atoms with Gasteiger partial charge in [0.15, 0.2) is 5.78 Å². The van der Waals surface area contributed by atoms with Crippen LogP contribution in [0.4, 0.5) is 30.7 Å². The van der Waals surface area contributed by atoms with Crippen LogP contribution in [0.5, 0.6) is 0 Å². The van der Waals surface area contributed by atoms with Crippen molar-refractivity contribution in [3.8, 4) is 5.69 Å². The summed E-state index contributed by atoms with van der Waals surface area (Å²) < 4.78 is 114. The molecule has 0 radical (unpaired) electrons. The van der Waals surface area contributed by atoms with Crippen LogP contribution >= 0.6 is 11.6 Å². The SMILES string of the molecule is COC(C(=O)NCCCC[C@H](NC(=O)C(OC)(c1ccccc1)C(F)(F)F)C(=O)NCc1cnc(C)n1-c1ccc(Cl)cc1C(=O)c1ccccc1F)(c1ccccc1)C(F)(F)F. The van der Waals surface area contributed by atoms with Crippen molar-refractivity contribution >= 4 is 35.1 Å². The van der Waals surface area contributed by atoms with Gasteiger partial charge in [-0.2, -0.15) is 26.3 Å². The summed E-state index contributed by atoms with van der Waals surface area (Å²) in [6.07, 6.45) is -9.77. The molecule has 63 heavy (non-hydrogen) atoms. The van der Waals surface area contributed by atoms with Gasteiger partial charge in [-0.1, -0.05) is 84.4 Å². The molecule has 0 spiro atoms. The first-order valence-electron chi connectivity index (χ1n) is 19.2. The molecule has 1 heterocycles. The Labute approximate surface area is 361 Å². The van der Waals surface area contributed by atoms with Crippen molar-refractivity contribution < 1.29 is 59.4 Å². The van der Waals surface area contributed by atoms with E-state index in [1.807, 2.05) is 0 Å². The summed E-state index contributed by atoms with van der Waals surface area (Å²) in [5.74, 6) is -5.46. The standard InChI is InChI=1S/C44H41ClF7N5O6/c1-27-54-25-31(57(27)36-22-21-30(45)24-33(36)37(58)32-18-10-11-19-34(32)46)26-55-38(59)35(56-40(61)42(63-3,44(50,51)52)29-16-8-5-9-17-29)20-12-13-23-53-39(60)41(62-2,43(47,48)49)28-14-6-4-7-15-28/h4-11,14-19,21-22,24-25,35H,12-13,20,23,26H2,1-3H3,(H,53,60)(H,55,59)(H,56,61)/t35-,41?,42?/m0/s1. The molecule has 11 nitrogen and oxygen atoms in total. The van der Waals surface area contributed by atoms with Gasteiger partial charge >= 0.3 is 12.4 Å². The van der Waals surface area contributed by atoms with E-state index >= 15 is 0 Å². The number of carbonyl (C=O) groups excluding carboxylic acids is 4. The second kappa shape index (κ2) is 19.9. The van der Waals surface area contributed by atoms with Crippen LogP contribution in [-0.2, 0) is 41.6 Å². The maximum atomic E-state index is 14.9. The number of carbonyl (C=O) groups is 4. The highest BCUT2D eigenvalue weighted by Crippen LogP contribution is 2.43. The maximum absolute atomic E-state index is 14.9. The van der Waals surface area contributed by atoms with Gasteiger partial charge in [0.1, 0.15) is 17.7 Å². The summed E-state index contributed by atoms with van der Waals surface area (Å²) in [5, 5.41) is 7.09. The predicted octanol–water partition coefficient (Wildman–Crippen LogP) is 7.80. The number of halogens is 8. The second-order valence-electron chi connectivity index (χ2n) is 14.1. The van der Waals surface area contributed by atoms with Crippen LogP contribution in [0.25, 0.3) is 5.69 Å². The number of methoxy groups -OCH3 is 2. The summed E-state index contributed by atoms with van der Waals surface area (Å²) >= 11 is 6.25. The molecule has 334 valence electrons. The van der Waals surface area contributed by atoms with Crippen molar-refractivity contribution in [2.45, 2.75) is 62.3 Å². The first-order valence-corrected chi connectivity index (χ1v) is 19.6. The zero-order valence-corrected chi connectivity index (χ0v) is 34.6. The minimum Gasteiger partial charge on any atom is -0.356 e. The quantitative estimate of drug-likeness (QED) is 0.0463. The van der Waals surface area contributed by atoms with E-state index in [1.54, 1.807) is 6.92 Å². The van der Waals surface area contributed by atoms with Gasteiger partial charge in [0.05, 0.1) is 29.7 Å². The number of aryl methyl sites for hydroxylation is 1. The van der Waals surface area contributed by atoms with E-state index in [0.717, 1.165) is 37.4 Å². The average molecular weight is 904 g/mol. The molecule has 0 bridgehead atoms. The van der Waals surface area contributed by atoms with Crippen LogP contribution in [0.3, 0.4) is 0 Å². The Morgan fingerprint density at radius 3 is 1.84 bits per heavy atom. The molecule has 0 fully saturated rings. The number of imidazole rings is 1. The van der Waals surface area contributed by atoms with Crippen LogP contribution < -0.4 is 16.0 Å². The molecule has 4 aromatic carbocycles. The monoisotopic (exact) mass is 903 g/mol. The smallest absolute Gasteiger partial charge is 0.356 e. The third-order valence-corrected chi connectivity index (χ3v) is 10.5. The number of unbranched alkanes of at least 4 members (excludes halogenated alkanes) is 1. The molecule has 0 aliphatic heterocycles. The Bertz CT molecular complexity index is 2420. The molecule has 1 aromatic heterocycles. The van der Waals surface area contributed by atoms with Crippen molar-refractivity contribution in [2.24, 2.45) is 0 Å². The Morgan fingerprint density at radius 1 is 0.730 bits per heavy atom. The number of alkyl halides is 6. The summed E-state index contributed by atoms with van der Waals surface area (Å²) in [6, 6.07) is 20.1.